The number of hydrogen-bond acceptors (Lipinski definition) is 7. The van der Waals surface area contributed by atoms with Crippen molar-refractivity contribution in [1.82, 2.24) is 18.7 Å². The summed E-state index contributed by atoms with van der Waals surface area (Å²) in [6.45, 7) is 3.94. The maximum atomic E-state index is 14.0. The molecule has 2 aliphatic carbocycles. The molecule has 0 bridgehead atoms. The molecule has 1 aromatic carbocycles. The van der Waals surface area contributed by atoms with Crippen LogP contribution in [-0.2, 0) is 26.6 Å². The monoisotopic (exact) mass is 620 g/mol. The van der Waals surface area contributed by atoms with Gasteiger partial charge in [0, 0.05) is 47.8 Å². The Kier molecular flexibility index (Phi) is 7.39. The van der Waals surface area contributed by atoms with Crippen LogP contribution in [0.5, 0.6) is 5.75 Å². The van der Waals surface area contributed by atoms with Gasteiger partial charge in [0.15, 0.2) is 0 Å². The zero-order chi connectivity index (χ0) is 30.4. The van der Waals surface area contributed by atoms with Crippen molar-refractivity contribution in [2.75, 3.05) is 6.61 Å². The number of nitrogens with one attached hydrogen (secondary N) is 2. The van der Waals surface area contributed by atoms with Gasteiger partial charge in [0.2, 0.25) is 20.0 Å². The average molecular weight is 621 g/mol. The van der Waals surface area contributed by atoms with Crippen LogP contribution in [-0.4, -0.2) is 42.1 Å². The third-order valence-corrected chi connectivity index (χ3v) is 12.1. The highest BCUT2D eigenvalue weighted by Crippen LogP contribution is 2.40. The van der Waals surface area contributed by atoms with E-state index in [0.29, 0.717) is 45.9 Å². The van der Waals surface area contributed by atoms with Gasteiger partial charge in [-0.3, -0.25) is 9.78 Å². The second-order valence-electron chi connectivity index (χ2n) is 11.2. The third kappa shape index (κ3) is 5.34. The van der Waals surface area contributed by atoms with Crippen LogP contribution >= 0.6 is 0 Å². The van der Waals surface area contributed by atoms with Crippen molar-refractivity contribution >= 4 is 30.9 Å². The van der Waals surface area contributed by atoms with Gasteiger partial charge >= 0.3 is 0 Å². The van der Waals surface area contributed by atoms with Crippen LogP contribution in [0.4, 0.5) is 0 Å². The number of allylic oxidation sites excluding steroid dienone is 3. The highest BCUT2D eigenvalue weighted by molar-refractivity contribution is 7.91. The van der Waals surface area contributed by atoms with Crippen LogP contribution in [0, 0.1) is 5.92 Å². The summed E-state index contributed by atoms with van der Waals surface area (Å²) in [5.41, 5.74) is 1.61. The Morgan fingerprint density at radius 1 is 1.14 bits per heavy atom. The van der Waals surface area contributed by atoms with E-state index in [-0.39, 0.29) is 23.4 Å². The molecule has 2 aliphatic rings. The van der Waals surface area contributed by atoms with Crippen molar-refractivity contribution in [2.45, 2.75) is 49.3 Å². The van der Waals surface area contributed by atoms with Crippen molar-refractivity contribution < 1.29 is 21.6 Å². The highest BCUT2D eigenvalue weighted by atomic mass is 32.2. The minimum atomic E-state index is -4.07. The molecule has 2 N–H and O–H groups in total. The van der Waals surface area contributed by atoms with Gasteiger partial charge in [-0.15, -0.1) is 0 Å². The summed E-state index contributed by atoms with van der Waals surface area (Å²) in [6.07, 6.45) is 13.8. The lowest BCUT2D eigenvalue weighted by Crippen LogP contribution is -2.41. The third-order valence-electron chi connectivity index (χ3n) is 8.27. The zero-order valence-corrected chi connectivity index (χ0v) is 25.4. The summed E-state index contributed by atoms with van der Waals surface area (Å²) < 4.78 is 63.3. The van der Waals surface area contributed by atoms with Crippen LogP contribution in [0.2, 0.25) is 0 Å². The minimum absolute atomic E-state index is 0.00108. The summed E-state index contributed by atoms with van der Waals surface area (Å²) in [7, 11) is -8.02. The van der Waals surface area contributed by atoms with E-state index in [1.54, 1.807) is 62.7 Å². The van der Waals surface area contributed by atoms with E-state index in [4.69, 9.17) is 4.74 Å². The molecule has 0 amide bonds. The van der Waals surface area contributed by atoms with E-state index >= 15 is 0 Å². The van der Waals surface area contributed by atoms with E-state index in [9.17, 15) is 21.6 Å². The van der Waals surface area contributed by atoms with Gasteiger partial charge in [0.05, 0.1) is 11.5 Å². The van der Waals surface area contributed by atoms with Crippen molar-refractivity contribution in [2.24, 2.45) is 5.92 Å². The summed E-state index contributed by atoms with van der Waals surface area (Å²) in [4.78, 5) is 19.9. The number of aromatic nitrogens is 3. The lowest BCUT2D eigenvalue weighted by atomic mass is 9.94. The Morgan fingerprint density at radius 3 is 2.67 bits per heavy atom. The first-order valence-corrected chi connectivity index (χ1v) is 16.9. The standard InChI is InChI=1S/C31H32N4O6S2/c1-21-6-3-4-13-31(21,2)43(39,40)35-15-12-25-27(19-33-30(36)29(25)35)26-16-24(10-11-28(26)41-20-22-8-9-22)42(37,38)34-18-23-7-5-14-32-17-23/h3-7,10-12,14-17,19,22,34H,8-9,13,18,20H2,1-2H3,(H,33,36). The summed E-state index contributed by atoms with van der Waals surface area (Å²) >= 11 is 0. The molecule has 0 saturated heterocycles. The zero-order valence-electron chi connectivity index (χ0n) is 23.8. The smallest absolute Gasteiger partial charge is 0.273 e. The molecule has 0 aliphatic heterocycles. The van der Waals surface area contributed by atoms with Crippen LogP contribution in [0.15, 0.2) is 94.7 Å². The number of fused-ring (bicyclic) bond motifs is 1. The van der Waals surface area contributed by atoms with E-state index in [1.807, 2.05) is 6.08 Å². The van der Waals surface area contributed by atoms with E-state index in [1.165, 1.54) is 24.5 Å². The fourth-order valence-corrected chi connectivity index (χ4v) is 8.10. The van der Waals surface area contributed by atoms with Crippen molar-refractivity contribution in [3.05, 3.63) is 101 Å². The first-order chi connectivity index (χ1) is 20.5. The molecule has 4 aromatic rings. The fraction of sp³-hybridized carbons (Fsp3) is 0.290. The summed E-state index contributed by atoms with van der Waals surface area (Å²) in [6, 6.07) is 9.64. The maximum Gasteiger partial charge on any atom is 0.273 e. The van der Waals surface area contributed by atoms with Gasteiger partial charge in [0.1, 0.15) is 16.0 Å². The number of rotatable bonds is 10. The number of ether oxygens (including phenoxy) is 1. The number of nitrogens with zero attached hydrogens (tertiary/aromatic N) is 2. The molecule has 0 radical (unpaired) electrons. The Hall–Kier alpha value is -4.00. The van der Waals surface area contributed by atoms with Gasteiger partial charge in [-0.25, -0.2) is 25.5 Å². The molecule has 224 valence electrons. The maximum absolute atomic E-state index is 14.0. The van der Waals surface area contributed by atoms with Crippen LogP contribution in [0.3, 0.4) is 0 Å². The van der Waals surface area contributed by atoms with Gasteiger partial charge < -0.3 is 9.72 Å². The molecule has 1 atom stereocenters. The van der Waals surface area contributed by atoms with E-state index in [2.05, 4.69) is 14.7 Å². The first-order valence-electron chi connectivity index (χ1n) is 14.0. The Morgan fingerprint density at radius 2 is 1.95 bits per heavy atom. The molecular formula is C31H32N4O6S2. The quantitative estimate of drug-likeness (QED) is 0.266. The molecule has 1 saturated carbocycles. The SMILES string of the molecule is CC1=CC=CCC1(C)S(=O)(=O)n1ccc2c(-c3cc(S(=O)(=O)NCc4cccnc4)ccc3OCC3CC3)c[nH]c(=O)c21. The Labute approximate surface area is 250 Å². The average Bonchev–Trinajstić information content (AvgIpc) is 3.72. The molecule has 3 aromatic heterocycles. The second-order valence-corrected chi connectivity index (χ2v) is 15.2. The first kappa shape index (κ1) is 29.1. The Bertz CT molecular complexity index is 2040. The number of pyridine rings is 2. The highest BCUT2D eigenvalue weighted by Gasteiger charge is 2.43. The predicted molar refractivity (Wildman–Crippen MR) is 165 cm³/mol. The van der Waals surface area contributed by atoms with Crippen molar-refractivity contribution in [1.29, 1.82) is 0 Å². The molecule has 1 fully saturated rings. The van der Waals surface area contributed by atoms with Gasteiger partial charge in [-0.2, -0.15) is 0 Å². The molecule has 6 rings (SSSR count). The number of benzene rings is 1. The molecular weight excluding hydrogens is 588 g/mol. The topological polar surface area (TPSA) is 140 Å². The van der Waals surface area contributed by atoms with E-state index in [0.717, 1.165) is 16.8 Å². The van der Waals surface area contributed by atoms with Crippen molar-refractivity contribution in [3.63, 3.8) is 0 Å². The van der Waals surface area contributed by atoms with Gasteiger partial charge in [-0.05, 0) is 74.9 Å². The van der Waals surface area contributed by atoms with Crippen LogP contribution < -0.4 is 15.0 Å². The fourth-order valence-electron chi connectivity index (χ4n) is 5.20. The largest absolute Gasteiger partial charge is 0.493 e. The molecule has 12 heteroatoms. The number of sulfonamides is 1. The minimum Gasteiger partial charge on any atom is -0.493 e. The van der Waals surface area contributed by atoms with Gasteiger partial charge in [-0.1, -0.05) is 29.9 Å². The number of aromatic amines is 1. The molecule has 3 heterocycles. The molecule has 43 heavy (non-hydrogen) atoms. The van der Waals surface area contributed by atoms with Crippen LogP contribution in [0.1, 0.15) is 38.7 Å². The molecule has 0 spiro atoms. The molecule has 10 nitrogen and oxygen atoms in total. The van der Waals surface area contributed by atoms with Gasteiger partial charge in [0.25, 0.3) is 5.56 Å². The molecule has 1 unspecified atom stereocenters. The lowest BCUT2D eigenvalue weighted by molar-refractivity contribution is 0.301. The number of hydrogen-bond donors (Lipinski definition) is 2. The lowest BCUT2D eigenvalue weighted by Gasteiger charge is -2.31. The number of H-pyrrole nitrogens is 1. The van der Waals surface area contributed by atoms with Crippen LogP contribution in [0.25, 0.3) is 22.0 Å². The Balaban J connectivity index is 1.46. The summed E-state index contributed by atoms with van der Waals surface area (Å²) in [5.74, 6) is 0.867. The van der Waals surface area contributed by atoms with E-state index < -0.39 is 30.4 Å². The predicted octanol–water partition coefficient (Wildman–Crippen LogP) is 4.50. The normalized spacial score (nSPS) is 19.0. The second kappa shape index (κ2) is 10.9. The van der Waals surface area contributed by atoms with Crippen molar-refractivity contribution in [3.8, 4) is 16.9 Å². The summed E-state index contributed by atoms with van der Waals surface area (Å²) in [5, 5.41) is 0.359.